The zero-order chi connectivity index (χ0) is 13.9. The summed E-state index contributed by atoms with van der Waals surface area (Å²) in [6.07, 6.45) is 0.0808. The summed E-state index contributed by atoms with van der Waals surface area (Å²) in [7, 11) is 0.617. The monoisotopic (exact) mass is 290 g/mol. The van der Waals surface area contributed by atoms with Crippen molar-refractivity contribution in [1.29, 1.82) is 0 Å². The molecule has 1 unspecified atom stereocenters. The normalized spacial score (nSPS) is 18.7. The van der Waals surface area contributed by atoms with E-state index in [1.165, 1.54) is 0 Å². The predicted octanol–water partition coefficient (Wildman–Crippen LogP) is 1.41. The molecule has 1 aliphatic heterocycles. The molecule has 1 saturated heterocycles. The number of rotatable bonds is 11. The highest BCUT2D eigenvalue weighted by Gasteiger charge is 2.24. The molecule has 1 fully saturated rings. The molecule has 0 aromatic rings. The lowest BCUT2D eigenvalue weighted by molar-refractivity contribution is -0.0828. The number of hydrogen-bond donors (Lipinski definition) is 0. The maximum absolute atomic E-state index is 10.7. The largest absolute Gasteiger partial charge is 0.508 e. The average Bonchev–Trinajstić information content (AvgIpc) is 2.80. The van der Waals surface area contributed by atoms with Crippen LogP contribution in [-0.2, 0) is 23.7 Å². The van der Waals surface area contributed by atoms with Crippen LogP contribution in [0, 0.1) is 0 Å². The minimum Gasteiger partial charge on any atom is -0.430 e. The van der Waals surface area contributed by atoms with Crippen molar-refractivity contribution in [3.63, 3.8) is 0 Å². The summed E-state index contributed by atoms with van der Waals surface area (Å²) < 4.78 is 25.8. The predicted molar refractivity (Wildman–Crippen MR) is 69.3 cm³/mol. The van der Waals surface area contributed by atoms with Gasteiger partial charge in [-0.3, -0.25) is 0 Å². The van der Waals surface area contributed by atoms with Gasteiger partial charge in [0.1, 0.15) is 22.0 Å². The molecular weight excluding hydrogens is 268 g/mol. The van der Waals surface area contributed by atoms with E-state index in [1.807, 2.05) is 13.8 Å². The zero-order valence-electron chi connectivity index (χ0n) is 11.6. The van der Waals surface area contributed by atoms with Crippen molar-refractivity contribution in [3.05, 3.63) is 0 Å². The fourth-order valence-corrected chi connectivity index (χ4v) is 2.68. The molecule has 0 bridgehead atoms. The Morgan fingerprint density at radius 1 is 1.37 bits per heavy atom. The lowest BCUT2D eigenvalue weighted by Gasteiger charge is -2.16. The van der Waals surface area contributed by atoms with Crippen LogP contribution in [0.4, 0.5) is 4.79 Å². The molecule has 1 aliphatic rings. The van der Waals surface area contributed by atoms with Crippen LogP contribution in [0.25, 0.3) is 0 Å². The number of carbonyl (C=O) groups is 1. The van der Waals surface area contributed by atoms with Gasteiger partial charge in [0.05, 0.1) is 6.61 Å². The topological polar surface area (TPSA) is 63.2 Å². The van der Waals surface area contributed by atoms with Gasteiger partial charge in [0.25, 0.3) is 0 Å². The molecule has 0 aliphatic carbocycles. The Labute approximate surface area is 116 Å². The van der Waals surface area contributed by atoms with Crippen molar-refractivity contribution in [1.82, 2.24) is 0 Å². The van der Waals surface area contributed by atoms with Crippen molar-refractivity contribution in [2.75, 3.05) is 33.0 Å². The highest BCUT2D eigenvalue weighted by Crippen LogP contribution is 2.06. The van der Waals surface area contributed by atoms with Gasteiger partial charge in [0.15, 0.2) is 6.10 Å². The van der Waals surface area contributed by atoms with Crippen LogP contribution in [0.3, 0.4) is 0 Å². The van der Waals surface area contributed by atoms with Crippen LogP contribution in [0.5, 0.6) is 0 Å². The highest BCUT2D eigenvalue weighted by atomic mass is 28.2. The fraction of sp³-hybridized carbons (Fsp3) is 0.917. The van der Waals surface area contributed by atoms with Gasteiger partial charge in [-0.25, -0.2) is 4.79 Å². The molecular formula is C12H22O6Si. The minimum atomic E-state index is -0.605. The van der Waals surface area contributed by atoms with Gasteiger partial charge in [-0.15, -0.1) is 0 Å². The Bertz CT molecular complexity index is 244. The van der Waals surface area contributed by atoms with Gasteiger partial charge >= 0.3 is 6.16 Å². The first-order chi connectivity index (χ1) is 9.26. The van der Waals surface area contributed by atoms with Gasteiger partial charge in [-0.1, -0.05) is 6.04 Å². The van der Waals surface area contributed by atoms with E-state index in [-0.39, 0.29) is 18.6 Å². The minimum absolute atomic E-state index is 0.0841. The van der Waals surface area contributed by atoms with E-state index < -0.39 is 6.16 Å². The van der Waals surface area contributed by atoms with Gasteiger partial charge in [0.2, 0.25) is 0 Å². The standard InChI is InChI=1S/C12H22O6Si/c1-3-15-12(16-4-2)19-7-5-6-14-8-10-9-17-11(13)18-10/h10,12H,3-9H2,1-2H3. The fourth-order valence-electron chi connectivity index (χ4n) is 1.52. The Balaban J connectivity index is 1.93. The summed E-state index contributed by atoms with van der Waals surface area (Å²) >= 11 is 0. The Morgan fingerprint density at radius 2 is 2.11 bits per heavy atom. The van der Waals surface area contributed by atoms with E-state index in [0.29, 0.717) is 35.9 Å². The molecule has 0 aromatic carbocycles. The van der Waals surface area contributed by atoms with Crippen molar-refractivity contribution in [3.8, 4) is 0 Å². The Kier molecular flexibility index (Phi) is 8.81. The summed E-state index contributed by atoms with van der Waals surface area (Å²) in [6.45, 7) is 6.59. The van der Waals surface area contributed by atoms with Crippen molar-refractivity contribution in [2.24, 2.45) is 0 Å². The van der Waals surface area contributed by atoms with Gasteiger partial charge in [-0.05, 0) is 20.3 Å². The lowest BCUT2D eigenvalue weighted by Crippen LogP contribution is -2.25. The van der Waals surface area contributed by atoms with E-state index in [0.717, 1.165) is 12.5 Å². The first-order valence-corrected chi connectivity index (χ1v) is 7.92. The van der Waals surface area contributed by atoms with E-state index in [1.54, 1.807) is 0 Å². The van der Waals surface area contributed by atoms with Crippen LogP contribution in [0.15, 0.2) is 0 Å². The average molecular weight is 290 g/mol. The quantitative estimate of drug-likeness (QED) is 0.248. The molecule has 0 spiro atoms. The third-order valence-corrected chi connectivity index (χ3v) is 3.68. The van der Waals surface area contributed by atoms with Gasteiger partial charge in [-0.2, -0.15) is 0 Å². The molecule has 0 aromatic heterocycles. The van der Waals surface area contributed by atoms with E-state index in [2.05, 4.69) is 4.74 Å². The number of cyclic esters (lactones) is 2. The summed E-state index contributed by atoms with van der Waals surface area (Å²) in [5.74, 6) is -0.0841. The Morgan fingerprint density at radius 3 is 2.68 bits per heavy atom. The SMILES string of the molecule is CCOC(OCC)[Si]CCCOCC1COC(=O)O1. The lowest BCUT2D eigenvalue weighted by atomic mass is 10.4. The third kappa shape index (κ3) is 7.51. The molecule has 0 saturated carbocycles. The van der Waals surface area contributed by atoms with Crippen LogP contribution >= 0.6 is 0 Å². The summed E-state index contributed by atoms with van der Waals surface area (Å²) in [5.41, 5.74) is 0. The second-order valence-corrected chi connectivity index (χ2v) is 5.31. The van der Waals surface area contributed by atoms with Gasteiger partial charge < -0.3 is 23.7 Å². The zero-order valence-corrected chi connectivity index (χ0v) is 12.6. The number of carbonyl (C=O) groups excluding carboxylic acids is 1. The highest BCUT2D eigenvalue weighted by molar-refractivity contribution is 6.36. The van der Waals surface area contributed by atoms with Gasteiger partial charge in [0, 0.05) is 19.8 Å². The first-order valence-electron chi connectivity index (χ1n) is 6.64. The molecule has 2 radical (unpaired) electrons. The van der Waals surface area contributed by atoms with E-state index >= 15 is 0 Å². The van der Waals surface area contributed by atoms with Crippen LogP contribution in [0.1, 0.15) is 20.3 Å². The number of hydrogen-bond acceptors (Lipinski definition) is 6. The summed E-state index contributed by atoms with van der Waals surface area (Å²) in [5, 5.41) is 0. The second kappa shape index (κ2) is 10.2. The molecule has 1 atom stereocenters. The second-order valence-electron chi connectivity index (χ2n) is 3.93. The molecule has 6 nitrogen and oxygen atoms in total. The van der Waals surface area contributed by atoms with E-state index in [4.69, 9.17) is 18.9 Å². The molecule has 110 valence electrons. The van der Waals surface area contributed by atoms with Crippen LogP contribution in [0.2, 0.25) is 6.04 Å². The Hall–Kier alpha value is -0.633. The molecule has 1 rings (SSSR count). The molecule has 7 heteroatoms. The van der Waals surface area contributed by atoms with Crippen molar-refractivity contribution < 1.29 is 28.5 Å². The molecule has 19 heavy (non-hydrogen) atoms. The summed E-state index contributed by atoms with van der Waals surface area (Å²) in [6, 6.07) is 1.01. The summed E-state index contributed by atoms with van der Waals surface area (Å²) in [4.78, 5) is 10.7. The molecule has 1 heterocycles. The molecule has 0 amide bonds. The van der Waals surface area contributed by atoms with Crippen molar-refractivity contribution >= 4 is 15.7 Å². The smallest absolute Gasteiger partial charge is 0.430 e. The third-order valence-electron chi connectivity index (χ3n) is 2.37. The van der Waals surface area contributed by atoms with Crippen LogP contribution in [-0.4, -0.2) is 60.7 Å². The van der Waals surface area contributed by atoms with Crippen molar-refractivity contribution in [2.45, 2.75) is 38.3 Å². The maximum Gasteiger partial charge on any atom is 0.508 e. The number of ether oxygens (including phenoxy) is 5. The maximum atomic E-state index is 10.7. The first kappa shape index (κ1) is 16.4. The van der Waals surface area contributed by atoms with Crippen LogP contribution < -0.4 is 0 Å². The molecule has 0 N–H and O–H groups in total. The van der Waals surface area contributed by atoms with E-state index in [9.17, 15) is 4.79 Å².